The summed E-state index contributed by atoms with van der Waals surface area (Å²) in [4.78, 5) is 9.24. The van der Waals surface area contributed by atoms with Gasteiger partial charge in [0.1, 0.15) is 17.2 Å². The van der Waals surface area contributed by atoms with Crippen LogP contribution in [0.25, 0.3) is 0 Å². The van der Waals surface area contributed by atoms with Gasteiger partial charge in [-0.1, -0.05) is 29.4 Å². The number of thiazole rings is 1. The van der Waals surface area contributed by atoms with Crippen molar-refractivity contribution in [3.05, 3.63) is 70.5 Å². The highest BCUT2D eigenvalue weighted by atomic mass is 32.1. The number of aliphatic hydroxyl groups is 1. The average molecular weight is 395 g/mol. The molecule has 1 unspecified atom stereocenters. The normalized spacial score (nSPS) is 11.4. The number of benzene rings is 1. The van der Waals surface area contributed by atoms with E-state index in [2.05, 4.69) is 32.4 Å². The molecule has 1 atom stereocenters. The standard InChI is InChI=1S/C21H22N4O2S/c1-15-4-3-5-18(14-15)27-13-12-23-20(26)25-21-24-16(2)19(28-21)7-6-17-8-10-22-11-9-17/h3-5,8-11,14,20,23,26H,12-13H2,1-2H3,(H,24,25). The summed E-state index contributed by atoms with van der Waals surface area (Å²) in [7, 11) is 0. The first-order valence-electron chi connectivity index (χ1n) is 8.87. The van der Waals surface area contributed by atoms with Gasteiger partial charge in [-0.15, -0.1) is 0 Å². The van der Waals surface area contributed by atoms with Gasteiger partial charge < -0.3 is 15.2 Å². The van der Waals surface area contributed by atoms with Crippen molar-refractivity contribution in [1.29, 1.82) is 0 Å². The summed E-state index contributed by atoms with van der Waals surface area (Å²) in [5.74, 6) is 7.02. The van der Waals surface area contributed by atoms with Crippen LogP contribution in [0.3, 0.4) is 0 Å². The highest BCUT2D eigenvalue weighted by molar-refractivity contribution is 7.16. The van der Waals surface area contributed by atoms with Crippen LogP contribution in [0.1, 0.15) is 21.7 Å². The molecule has 144 valence electrons. The number of hydrogen-bond donors (Lipinski definition) is 3. The highest BCUT2D eigenvalue weighted by Gasteiger charge is 2.09. The maximum atomic E-state index is 10.1. The van der Waals surface area contributed by atoms with Gasteiger partial charge in [0.2, 0.25) is 0 Å². The Balaban J connectivity index is 1.46. The van der Waals surface area contributed by atoms with Crippen molar-refractivity contribution in [1.82, 2.24) is 15.3 Å². The number of nitrogens with zero attached hydrogens (tertiary/aromatic N) is 2. The quantitative estimate of drug-likeness (QED) is 0.325. The SMILES string of the molecule is Cc1cccc(OCCNC(O)Nc2nc(C)c(C#Cc3ccncc3)s2)c1. The van der Waals surface area contributed by atoms with Crippen molar-refractivity contribution in [2.24, 2.45) is 0 Å². The molecular formula is C21H22N4O2S. The largest absolute Gasteiger partial charge is 0.492 e. The number of aromatic nitrogens is 2. The minimum Gasteiger partial charge on any atom is -0.492 e. The minimum atomic E-state index is -0.923. The molecule has 0 fully saturated rings. The molecule has 3 rings (SSSR count). The van der Waals surface area contributed by atoms with E-state index < -0.39 is 6.35 Å². The lowest BCUT2D eigenvalue weighted by atomic mass is 10.2. The van der Waals surface area contributed by atoms with Crippen LogP contribution >= 0.6 is 11.3 Å². The number of aryl methyl sites for hydroxylation is 2. The molecule has 0 amide bonds. The minimum absolute atomic E-state index is 0.446. The van der Waals surface area contributed by atoms with Crippen molar-refractivity contribution in [2.75, 3.05) is 18.5 Å². The van der Waals surface area contributed by atoms with Crippen molar-refractivity contribution in [3.8, 4) is 17.6 Å². The second-order valence-corrected chi connectivity index (χ2v) is 7.08. The van der Waals surface area contributed by atoms with E-state index in [-0.39, 0.29) is 0 Å². The van der Waals surface area contributed by atoms with E-state index in [0.29, 0.717) is 18.3 Å². The molecule has 2 aromatic heterocycles. The van der Waals surface area contributed by atoms with Crippen molar-refractivity contribution < 1.29 is 9.84 Å². The van der Waals surface area contributed by atoms with Gasteiger partial charge in [0.05, 0.1) is 5.69 Å². The Morgan fingerprint density at radius 1 is 1.18 bits per heavy atom. The zero-order chi connectivity index (χ0) is 19.8. The molecule has 0 saturated carbocycles. The third-order valence-electron chi connectivity index (χ3n) is 3.76. The number of hydrogen-bond acceptors (Lipinski definition) is 7. The molecule has 0 spiro atoms. The van der Waals surface area contributed by atoms with E-state index in [4.69, 9.17) is 4.74 Å². The molecule has 6 nitrogen and oxygen atoms in total. The predicted octanol–water partition coefficient (Wildman–Crippen LogP) is 2.91. The first-order chi connectivity index (χ1) is 13.6. The molecule has 0 saturated heterocycles. The van der Waals surface area contributed by atoms with Gasteiger partial charge in [-0.05, 0) is 49.6 Å². The smallest absolute Gasteiger partial charge is 0.187 e. The van der Waals surface area contributed by atoms with E-state index in [1.165, 1.54) is 11.3 Å². The third kappa shape index (κ3) is 6.06. The molecule has 0 aliphatic heterocycles. The van der Waals surface area contributed by atoms with E-state index >= 15 is 0 Å². The molecule has 0 aliphatic rings. The second-order valence-electron chi connectivity index (χ2n) is 6.09. The zero-order valence-electron chi connectivity index (χ0n) is 15.8. The van der Waals surface area contributed by atoms with Crippen LogP contribution < -0.4 is 15.4 Å². The lowest BCUT2D eigenvalue weighted by Gasteiger charge is -2.14. The highest BCUT2D eigenvalue weighted by Crippen LogP contribution is 2.21. The monoisotopic (exact) mass is 394 g/mol. The van der Waals surface area contributed by atoms with Crippen molar-refractivity contribution >= 4 is 16.5 Å². The van der Waals surface area contributed by atoms with E-state index in [9.17, 15) is 5.11 Å². The maximum absolute atomic E-state index is 10.1. The molecule has 3 N–H and O–H groups in total. The maximum Gasteiger partial charge on any atom is 0.187 e. The Morgan fingerprint density at radius 2 is 2.00 bits per heavy atom. The lowest BCUT2D eigenvalue weighted by Crippen LogP contribution is -2.38. The Labute approximate surface area is 168 Å². The molecule has 0 radical (unpaired) electrons. The number of nitrogens with one attached hydrogen (secondary N) is 2. The summed E-state index contributed by atoms with van der Waals surface area (Å²) in [5, 5.41) is 16.6. The van der Waals surface area contributed by atoms with Gasteiger partial charge >= 0.3 is 0 Å². The fourth-order valence-corrected chi connectivity index (χ4v) is 3.22. The van der Waals surface area contributed by atoms with Crippen LogP contribution in [0, 0.1) is 25.7 Å². The number of ether oxygens (including phenoxy) is 1. The number of pyridine rings is 1. The fraction of sp³-hybridized carbons (Fsp3) is 0.238. The summed E-state index contributed by atoms with van der Waals surface area (Å²) < 4.78 is 5.65. The Hall–Kier alpha value is -2.92. The molecule has 28 heavy (non-hydrogen) atoms. The van der Waals surface area contributed by atoms with Crippen molar-refractivity contribution in [2.45, 2.75) is 20.2 Å². The summed E-state index contributed by atoms with van der Waals surface area (Å²) in [6.45, 7) is 4.85. The Kier molecular flexibility index (Phi) is 6.98. The molecule has 3 aromatic rings. The van der Waals surface area contributed by atoms with Crippen molar-refractivity contribution in [3.63, 3.8) is 0 Å². The third-order valence-corrected chi connectivity index (χ3v) is 4.76. The lowest BCUT2D eigenvalue weighted by molar-refractivity contribution is 0.156. The first-order valence-corrected chi connectivity index (χ1v) is 9.69. The van der Waals surface area contributed by atoms with Crippen LogP contribution in [0.4, 0.5) is 5.13 Å². The van der Waals surface area contributed by atoms with E-state index in [0.717, 1.165) is 27.4 Å². The van der Waals surface area contributed by atoms with E-state index in [1.807, 2.05) is 50.2 Å². The molecule has 0 aliphatic carbocycles. The average Bonchev–Trinajstić information content (AvgIpc) is 3.03. The molecule has 0 bridgehead atoms. The van der Waals surface area contributed by atoms with Crippen LogP contribution in [0.2, 0.25) is 0 Å². The van der Waals surface area contributed by atoms with Gasteiger partial charge in [-0.3, -0.25) is 10.3 Å². The zero-order valence-corrected chi connectivity index (χ0v) is 16.6. The Bertz CT molecular complexity index is 963. The van der Waals surface area contributed by atoms with Gasteiger partial charge in [0, 0.05) is 24.5 Å². The summed E-state index contributed by atoms with van der Waals surface area (Å²) >= 11 is 1.40. The molecule has 7 heteroatoms. The van der Waals surface area contributed by atoms with Crippen LogP contribution in [-0.2, 0) is 0 Å². The molecule has 2 heterocycles. The second kappa shape index (κ2) is 9.85. The fourth-order valence-electron chi connectivity index (χ4n) is 2.38. The van der Waals surface area contributed by atoms with Crippen LogP contribution in [0.5, 0.6) is 5.75 Å². The number of anilines is 1. The summed E-state index contributed by atoms with van der Waals surface area (Å²) in [5.41, 5.74) is 2.87. The van der Waals surface area contributed by atoms with Gasteiger partial charge in [-0.25, -0.2) is 4.98 Å². The van der Waals surface area contributed by atoms with Gasteiger partial charge in [0.25, 0.3) is 0 Å². The number of rotatable bonds is 7. The van der Waals surface area contributed by atoms with E-state index in [1.54, 1.807) is 12.4 Å². The predicted molar refractivity (Wildman–Crippen MR) is 111 cm³/mol. The topological polar surface area (TPSA) is 79.3 Å². The summed E-state index contributed by atoms with van der Waals surface area (Å²) in [6.07, 6.45) is 2.50. The van der Waals surface area contributed by atoms with Gasteiger partial charge in [0.15, 0.2) is 11.5 Å². The van der Waals surface area contributed by atoms with Crippen LogP contribution in [-0.4, -0.2) is 34.6 Å². The van der Waals surface area contributed by atoms with Gasteiger partial charge in [-0.2, -0.15) is 0 Å². The summed E-state index contributed by atoms with van der Waals surface area (Å²) in [6, 6.07) is 11.6. The molecular weight excluding hydrogens is 372 g/mol. The first kappa shape index (κ1) is 19.8. The Morgan fingerprint density at radius 3 is 2.79 bits per heavy atom. The molecule has 1 aromatic carbocycles. The number of aliphatic hydroxyl groups excluding tert-OH is 1. The van der Waals surface area contributed by atoms with Crippen LogP contribution in [0.15, 0.2) is 48.8 Å².